The van der Waals surface area contributed by atoms with Crippen LogP contribution in [0.1, 0.15) is 30.1 Å². The van der Waals surface area contributed by atoms with E-state index in [9.17, 15) is 0 Å². The molecule has 3 nitrogen and oxygen atoms in total. The van der Waals surface area contributed by atoms with Gasteiger partial charge in [0, 0.05) is 30.2 Å². The monoisotopic (exact) mass is 235 g/mol. The summed E-state index contributed by atoms with van der Waals surface area (Å²) in [4.78, 5) is 5.68. The predicted octanol–water partition coefficient (Wildman–Crippen LogP) is 2.60. The summed E-state index contributed by atoms with van der Waals surface area (Å²) in [7, 11) is 0. The first kappa shape index (κ1) is 11.4. The number of imidazole rings is 1. The molecule has 0 saturated heterocycles. The van der Waals surface area contributed by atoms with Gasteiger partial charge in [0.1, 0.15) is 5.82 Å². The van der Waals surface area contributed by atoms with Gasteiger partial charge in [-0.2, -0.15) is 0 Å². The van der Waals surface area contributed by atoms with E-state index in [1.807, 2.05) is 12.4 Å². The number of rotatable bonds is 5. The second-order valence-corrected chi connectivity index (χ2v) is 4.90. The molecule has 0 saturated carbocycles. The van der Waals surface area contributed by atoms with E-state index in [1.54, 1.807) is 11.3 Å². The van der Waals surface area contributed by atoms with Crippen molar-refractivity contribution < 1.29 is 0 Å². The standard InChI is InChI=1S/C12H17N3S/c1-2-6-15-7-5-14-12(15)11(13)9-10-4-3-8-16-10/h3-5,7-8,11H,2,6,9,13H2,1H3. The molecule has 2 aromatic heterocycles. The van der Waals surface area contributed by atoms with E-state index in [-0.39, 0.29) is 6.04 Å². The summed E-state index contributed by atoms with van der Waals surface area (Å²) < 4.78 is 2.15. The molecule has 0 fully saturated rings. The van der Waals surface area contributed by atoms with Gasteiger partial charge in [0.15, 0.2) is 0 Å². The van der Waals surface area contributed by atoms with Crippen LogP contribution < -0.4 is 5.73 Å². The molecule has 1 unspecified atom stereocenters. The maximum absolute atomic E-state index is 6.19. The van der Waals surface area contributed by atoms with Crippen molar-refractivity contribution in [2.75, 3.05) is 0 Å². The first-order valence-corrected chi connectivity index (χ1v) is 6.48. The van der Waals surface area contributed by atoms with Crippen LogP contribution in [0.4, 0.5) is 0 Å². The first-order valence-electron chi connectivity index (χ1n) is 5.60. The average Bonchev–Trinajstić information content (AvgIpc) is 2.89. The van der Waals surface area contributed by atoms with E-state index < -0.39 is 0 Å². The van der Waals surface area contributed by atoms with Gasteiger partial charge in [-0.15, -0.1) is 11.3 Å². The minimum Gasteiger partial charge on any atom is -0.334 e. The molecule has 2 aromatic rings. The average molecular weight is 235 g/mol. The van der Waals surface area contributed by atoms with E-state index in [4.69, 9.17) is 5.73 Å². The van der Waals surface area contributed by atoms with Gasteiger partial charge in [-0.3, -0.25) is 0 Å². The van der Waals surface area contributed by atoms with E-state index >= 15 is 0 Å². The van der Waals surface area contributed by atoms with E-state index in [0.29, 0.717) is 0 Å². The summed E-state index contributed by atoms with van der Waals surface area (Å²) in [5.41, 5.74) is 6.19. The molecule has 0 aromatic carbocycles. The van der Waals surface area contributed by atoms with E-state index in [0.717, 1.165) is 25.2 Å². The maximum atomic E-state index is 6.19. The summed E-state index contributed by atoms with van der Waals surface area (Å²) in [5.74, 6) is 0.996. The molecular formula is C12H17N3S. The number of nitrogens with zero attached hydrogens (tertiary/aromatic N) is 2. The third-order valence-electron chi connectivity index (χ3n) is 2.55. The van der Waals surface area contributed by atoms with Gasteiger partial charge >= 0.3 is 0 Å². The van der Waals surface area contributed by atoms with Crippen molar-refractivity contribution in [3.05, 3.63) is 40.6 Å². The smallest absolute Gasteiger partial charge is 0.125 e. The van der Waals surface area contributed by atoms with Crippen LogP contribution in [0.5, 0.6) is 0 Å². The van der Waals surface area contributed by atoms with Gasteiger partial charge in [0.2, 0.25) is 0 Å². The zero-order valence-electron chi connectivity index (χ0n) is 9.47. The minimum absolute atomic E-state index is 0.000185. The topological polar surface area (TPSA) is 43.8 Å². The molecule has 0 spiro atoms. The van der Waals surface area contributed by atoms with Crippen LogP contribution >= 0.6 is 11.3 Å². The molecule has 2 N–H and O–H groups in total. The summed E-state index contributed by atoms with van der Waals surface area (Å²) in [5, 5.41) is 2.08. The molecule has 86 valence electrons. The SMILES string of the molecule is CCCn1ccnc1C(N)Cc1cccs1. The van der Waals surface area contributed by atoms with E-state index in [1.165, 1.54) is 4.88 Å². The first-order chi connectivity index (χ1) is 7.81. The Kier molecular flexibility index (Phi) is 3.74. The van der Waals surface area contributed by atoms with Crippen molar-refractivity contribution in [2.24, 2.45) is 5.73 Å². The number of aryl methyl sites for hydroxylation is 1. The fourth-order valence-electron chi connectivity index (χ4n) is 1.82. The number of aromatic nitrogens is 2. The van der Waals surface area contributed by atoms with Crippen molar-refractivity contribution >= 4 is 11.3 Å². The van der Waals surface area contributed by atoms with Crippen LogP contribution in [0.3, 0.4) is 0 Å². The lowest BCUT2D eigenvalue weighted by molar-refractivity contribution is 0.576. The molecule has 0 aliphatic carbocycles. The largest absolute Gasteiger partial charge is 0.334 e. The van der Waals surface area contributed by atoms with Gasteiger partial charge < -0.3 is 10.3 Å². The second kappa shape index (κ2) is 5.27. The van der Waals surface area contributed by atoms with Crippen molar-refractivity contribution in [1.82, 2.24) is 9.55 Å². The highest BCUT2D eigenvalue weighted by Gasteiger charge is 2.13. The normalized spacial score (nSPS) is 12.9. The Morgan fingerprint density at radius 1 is 1.56 bits per heavy atom. The Labute approximate surface area is 99.9 Å². The highest BCUT2D eigenvalue weighted by Crippen LogP contribution is 2.18. The summed E-state index contributed by atoms with van der Waals surface area (Å²) in [6.07, 6.45) is 5.82. The highest BCUT2D eigenvalue weighted by atomic mass is 32.1. The van der Waals surface area contributed by atoms with Crippen LogP contribution in [-0.2, 0) is 13.0 Å². The third kappa shape index (κ3) is 2.51. The lowest BCUT2D eigenvalue weighted by atomic mass is 10.2. The Morgan fingerprint density at radius 3 is 3.12 bits per heavy atom. The molecule has 0 bridgehead atoms. The minimum atomic E-state index is 0.000185. The second-order valence-electron chi connectivity index (χ2n) is 3.87. The Hall–Kier alpha value is -1.13. The molecule has 4 heteroatoms. The quantitative estimate of drug-likeness (QED) is 0.865. The van der Waals surface area contributed by atoms with Crippen molar-refractivity contribution in [2.45, 2.75) is 32.4 Å². The molecule has 2 rings (SSSR count). The molecule has 16 heavy (non-hydrogen) atoms. The van der Waals surface area contributed by atoms with Gasteiger partial charge in [0.25, 0.3) is 0 Å². The molecular weight excluding hydrogens is 218 g/mol. The molecule has 0 radical (unpaired) electrons. The molecule has 1 atom stereocenters. The number of nitrogens with two attached hydrogens (primary N) is 1. The summed E-state index contributed by atoms with van der Waals surface area (Å²) in [6.45, 7) is 3.15. The van der Waals surface area contributed by atoms with Gasteiger partial charge in [-0.1, -0.05) is 13.0 Å². The number of thiophene rings is 1. The molecule has 0 amide bonds. The summed E-state index contributed by atoms with van der Waals surface area (Å²) >= 11 is 1.75. The zero-order valence-corrected chi connectivity index (χ0v) is 10.3. The van der Waals surface area contributed by atoms with Crippen molar-refractivity contribution in [3.8, 4) is 0 Å². The van der Waals surface area contributed by atoms with Crippen molar-refractivity contribution in [3.63, 3.8) is 0 Å². The summed E-state index contributed by atoms with van der Waals surface area (Å²) in [6, 6.07) is 4.18. The highest BCUT2D eigenvalue weighted by molar-refractivity contribution is 7.09. The molecule has 0 aliphatic rings. The fourth-order valence-corrected chi connectivity index (χ4v) is 2.58. The third-order valence-corrected chi connectivity index (χ3v) is 3.44. The van der Waals surface area contributed by atoms with Crippen LogP contribution in [0.15, 0.2) is 29.9 Å². The van der Waals surface area contributed by atoms with Crippen LogP contribution in [0, 0.1) is 0 Å². The zero-order chi connectivity index (χ0) is 11.4. The Morgan fingerprint density at radius 2 is 2.44 bits per heavy atom. The fraction of sp³-hybridized carbons (Fsp3) is 0.417. The van der Waals surface area contributed by atoms with Crippen molar-refractivity contribution in [1.29, 1.82) is 0 Å². The predicted molar refractivity (Wildman–Crippen MR) is 67.5 cm³/mol. The number of hydrogen-bond donors (Lipinski definition) is 1. The Bertz CT molecular complexity index is 419. The van der Waals surface area contributed by atoms with Gasteiger partial charge in [-0.05, 0) is 17.9 Å². The lowest BCUT2D eigenvalue weighted by Crippen LogP contribution is -2.18. The molecule has 2 heterocycles. The number of hydrogen-bond acceptors (Lipinski definition) is 3. The van der Waals surface area contributed by atoms with Crippen LogP contribution in [0.2, 0.25) is 0 Å². The molecule has 0 aliphatic heterocycles. The lowest BCUT2D eigenvalue weighted by Gasteiger charge is -2.12. The Balaban J connectivity index is 2.08. The van der Waals surface area contributed by atoms with E-state index in [2.05, 4.69) is 34.0 Å². The van der Waals surface area contributed by atoms with Crippen LogP contribution in [-0.4, -0.2) is 9.55 Å². The van der Waals surface area contributed by atoms with Crippen LogP contribution in [0.25, 0.3) is 0 Å². The van der Waals surface area contributed by atoms with Gasteiger partial charge in [0.05, 0.1) is 6.04 Å². The maximum Gasteiger partial charge on any atom is 0.125 e. The van der Waals surface area contributed by atoms with Gasteiger partial charge in [-0.25, -0.2) is 4.98 Å².